The first-order chi connectivity index (χ1) is 8.35. The van der Waals surface area contributed by atoms with Crippen LogP contribution in [-0.2, 0) is 4.79 Å². The van der Waals surface area contributed by atoms with E-state index in [-0.39, 0.29) is 12.5 Å². The van der Waals surface area contributed by atoms with Crippen molar-refractivity contribution in [3.05, 3.63) is 35.9 Å². The lowest BCUT2D eigenvalue weighted by Crippen LogP contribution is -2.45. The monoisotopic (exact) mass is 250 g/mol. The Hall–Kier alpha value is -1.39. The summed E-state index contributed by atoms with van der Waals surface area (Å²) in [5, 5.41) is 9.79. The summed E-state index contributed by atoms with van der Waals surface area (Å²) in [6, 6.07) is 8.59. The van der Waals surface area contributed by atoms with Crippen molar-refractivity contribution < 1.29 is 9.90 Å². The molecule has 0 aliphatic rings. The van der Waals surface area contributed by atoms with Crippen LogP contribution in [0.1, 0.15) is 32.4 Å². The Morgan fingerprint density at radius 2 is 1.94 bits per heavy atom. The molecule has 4 nitrogen and oxygen atoms in total. The summed E-state index contributed by atoms with van der Waals surface area (Å²) in [5.41, 5.74) is 5.84. The summed E-state index contributed by atoms with van der Waals surface area (Å²) in [4.78, 5) is 13.8. The molecule has 4 heteroatoms. The highest BCUT2D eigenvalue weighted by atomic mass is 16.3. The third-order valence-electron chi connectivity index (χ3n) is 2.70. The zero-order valence-corrected chi connectivity index (χ0v) is 11.3. The fraction of sp³-hybridized carbons (Fsp3) is 0.500. The van der Waals surface area contributed by atoms with Crippen molar-refractivity contribution >= 4 is 5.91 Å². The van der Waals surface area contributed by atoms with Gasteiger partial charge in [0.05, 0.1) is 5.60 Å². The van der Waals surface area contributed by atoms with Crippen LogP contribution in [0.15, 0.2) is 30.3 Å². The van der Waals surface area contributed by atoms with Crippen LogP contribution >= 0.6 is 0 Å². The van der Waals surface area contributed by atoms with Crippen LogP contribution in [0.5, 0.6) is 0 Å². The van der Waals surface area contributed by atoms with Gasteiger partial charge in [-0.15, -0.1) is 0 Å². The molecule has 3 N–H and O–H groups in total. The third kappa shape index (κ3) is 4.13. The van der Waals surface area contributed by atoms with E-state index in [9.17, 15) is 9.90 Å². The molecule has 0 aromatic heterocycles. The first-order valence-electron chi connectivity index (χ1n) is 6.17. The van der Waals surface area contributed by atoms with Gasteiger partial charge >= 0.3 is 0 Å². The van der Waals surface area contributed by atoms with E-state index in [4.69, 9.17) is 5.73 Å². The average molecular weight is 250 g/mol. The third-order valence-corrected chi connectivity index (χ3v) is 2.70. The van der Waals surface area contributed by atoms with Crippen molar-refractivity contribution in [3.8, 4) is 0 Å². The lowest BCUT2D eigenvalue weighted by Gasteiger charge is -2.30. The van der Waals surface area contributed by atoms with Crippen LogP contribution in [0, 0.1) is 0 Å². The molecule has 0 radical (unpaired) electrons. The highest BCUT2D eigenvalue weighted by Gasteiger charge is 2.25. The molecule has 0 heterocycles. The van der Waals surface area contributed by atoms with Gasteiger partial charge in [-0.1, -0.05) is 30.3 Å². The Kier molecular flexibility index (Phi) is 4.87. The molecule has 0 bridgehead atoms. The van der Waals surface area contributed by atoms with Crippen LogP contribution in [0.25, 0.3) is 0 Å². The van der Waals surface area contributed by atoms with Gasteiger partial charge in [0.15, 0.2) is 0 Å². The Balaban J connectivity index is 2.79. The van der Waals surface area contributed by atoms with Gasteiger partial charge in [0, 0.05) is 13.1 Å². The van der Waals surface area contributed by atoms with Gasteiger partial charge in [0.1, 0.15) is 6.04 Å². The molecule has 100 valence electrons. The number of carbonyl (C=O) groups excluding carboxylic acids is 1. The molecule has 0 aliphatic heterocycles. The number of hydrogen-bond donors (Lipinski definition) is 2. The van der Waals surface area contributed by atoms with Crippen LogP contribution in [0.2, 0.25) is 0 Å². The normalized spacial score (nSPS) is 13.2. The maximum atomic E-state index is 12.2. The molecule has 1 amide bonds. The lowest BCUT2D eigenvalue weighted by molar-refractivity contribution is -0.135. The first kappa shape index (κ1) is 14.7. The number of hydrogen-bond acceptors (Lipinski definition) is 3. The van der Waals surface area contributed by atoms with E-state index in [0.29, 0.717) is 6.54 Å². The van der Waals surface area contributed by atoms with Crippen LogP contribution in [0.4, 0.5) is 0 Å². The molecule has 0 aliphatic carbocycles. The fourth-order valence-corrected chi connectivity index (χ4v) is 1.81. The number of rotatable bonds is 5. The van der Waals surface area contributed by atoms with Gasteiger partial charge in [0.25, 0.3) is 0 Å². The predicted octanol–water partition coefficient (Wildman–Crippen LogP) is 1.31. The Morgan fingerprint density at radius 3 is 2.39 bits per heavy atom. The van der Waals surface area contributed by atoms with Gasteiger partial charge in [-0.25, -0.2) is 0 Å². The Labute approximate surface area is 108 Å². The smallest absolute Gasteiger partial charge is 0.244 e. The highest BCUT2D eigenvalue weighted by molar-refractivity contribution is 5.83. The number of carbonyl (C=O) groups is 1. The molecule has 18 heavy (non-hydrogen) atoms. The molecule has 1 atom stereocenters. The second-order valence-electron chi connectivity index (χ2n) is 5.05. The van der Waals surface area contributed by atoms with E-state index in [2.05, 4.69) is 0 Å². The maximum absolute atomic E-state index is 12.2. The standard InChI is InChI=1S/C14H22N2O2/c1-4-16(10-14(2,3)18)13(17)12(15)11-8-6-5-7-9-11/h5-9,12,18H,4,10,15H2,1-3H3/t12-/m0/s1. The van der Waals surface area contributed by atoms with Crippen molar-refractivity contribution in [2.45, 2.75) is 32.4 Å². The van der Waals surface area contributed by atoms with Gasteiger partial charge in [-0.05, 0) is 26.3 Å². The number of benzene rings is 1. The molecule has 0 spiro atoms. The van der Waals surface area contributed by atoms with Gasteiger partial charge in [0.2, 0.25) is 5.91 Å². The number of nitrogens with zero attached hydrogens (tertiary/aromatic N) is 1. The lowest BCUT2D eigenvalue weighted by atomic mass is 10.0. The minimum Gasteiger partial charge on any atom is -0.389 e. The number of nitrogens with two attached hydrogens (primary N) is 1. The van der Waals surface area contributed by atoms with Crippen LogP contribution < -0.4 is 5.73 Å². The van der Waals surface area contributed by atoms with E-state index in [0.717, 1.165) is 5.56 Å². The summed E-state index contributed by atoms with van der Waals surface area (Å²) < 4.78 is 0. The highest BCUT2D eigenvalue weighted by Crippen LogP contribution is 2.14. The second kappa shape index (κ2) is 5.98. The van der Waals surface area contributed by atoms with Gasteiger partial charge in [-0.3, -0.25) is 4.79 Å². The topological polar surface area (TPSA) is 66.6 Å². The zero-order chi connectivity index (χ0) is 13.8. The molecule has 1 aromatic carbocycles. The quantitative estimate of drug-likeness (QED) is 0.828. The van der Waals surface area contributed by atoms with Crippen molar-refractivity contribution in [2.24, 2.45) is 5.73 Å². The average Bonchev–Trinajstić information content (AvgIpc) is 2.34. The number of likely N-dealkylation sites (N-methyl/N-ethyl adjacent to an activating group) is 1. The van der Waals surface area contributed by atoms with Crippen LogP contribution in [-0.4, -0.2) is 34.6 Å². The zero-order valence-electron chi connectivity index (χ0n) is 11.3. The Bertz CT molecular complexity index is 385. The van der Waals surface area contributed by atoms with E-state index < -0.39 is 11.6 Å². The molecular formula is C14H22N2O2. The minimum absolute atomic E-state index is 0.161. The molecular weight excluding hydrogens is 228 g/mol. The maximum Gasteiger partial charge on any atom is 0.244 e. The van der Waals surface area contributed by atoms with E-state index >= 15 is 0 Å². The van der Waals surface area contributed by atoms with E-state index in [1.165, 1.54) is 0 Å². The molecule has 0 saturated heterocycles. The van der Waals surface area contributed by atoms with E-state index in [1.54, 1.807) is 18.7 Å². The first-order valence-corrected chi connectivity index (χ1v) is 6.17. The molecule has 1 aromatic rings. The van der Waals surface area contributed by atoms with Crippen molar-refractivity contribution in [2.75, 3.05) is 13.1 Å². The van der Waals surface area contributed by atoms with Crippen molar-refractivity contribution in [3.63, 3.8) is 0 Å². The number of amides is 1. The van der Waals surface area contributed by atoms with Gasteiger partial charge in [-0.2, -0.15) is 0 Å². The molecule has 1 rings (SSSR count). The SMILES string of the molecule is CCN(CC(C)(C)O)C(=O)[C@@H](N)c1ccccc1. The largest absolute Gasteiger partial charge is 0.389 e. The summed E-state index contributed by atoms with van der Waals surface area (Å²) in [7, 11) is 0. The summed E-state index contributed by atoms with van der Waals surface area (Å²) in [6.07, 6.45) is 0. The van der Waals surface area contributed by atoms with Crippen molar-refractivity contribution in [1.82, 2.24) is 4.90 Å². The summed E-state index contributed by atoms with van der Waals surface area (Å²) in [6.45, 7) is 6.04. The second-order valence-corrected chi connectivity index (χ2v) is 5.05. The number of aliphatic hydroxyl groups is 1. The molecule has 0 saturated carbocycles. The summed E-state index contributed by atoms with van der Waals surface area (Å²) in [5.74, 6) is -0.161. The predicted molar refractivity (Wildman–Crippen MR) is 71.9 cm³/mol. The fourth-order valence-electron chi connectivity index (χ4n) is 1.81. The van der Waals surface area contributed by atoms with Gasteiger partial charge < -0.3 is 15.7 Å². The van der Waals surface area contributed by atoms with Crippen molar-refractivity contribution in [1.29, 1.82) is 0 Å². The molecule has 0 fully saturated rings. The molecule has 0 unspecified atom stereocenters. The van der Waals surface area contributed by atoms with E-state index in [1.807, 2.05) is 37.3 Å². The summed E-state index contributed by atoms with van der Waals surface area (Å²) >= 11 is 0. The Morgan fingerprint density at radius 1 is 1.39 bits per heavy atom. The minimum atomic E-state index is -0.915. The van der Waals surface area contributed by atoms with Crippen LogP contribution in [0.3, 0.4) is 0 Å².